The monoisotopic (exact) mass is 511 g/mol. The van der Waals surface area contributed by atoms with Crippen LogP contribution in [0.15, 0.2) is 59.8 Å². The van der Waals surface area contributed by atoms with Crippen LogP contribution in [0.2, 0.25) is 0 Å². The number of likely N-dealkylation sites (tertiary alicyclic amines) is 1. The molecule has 1 aromatic carbocycles. The number of carbonyl (C=O) groups is 2. The highest BCUT2D eigenvalue weighted by atomic mass is 32.2. The Morgan fingerprint density at radius 3 is 2.34 bits per heavy atom. The van der Waals surface area contributed by atoms with Gasteiger partial charge in [-0.3, -0.25) is 9.78 Å². The predicted molar refractivity (Wildman–Crippen MR) is 117 cm³/mol. The van der Waals surface area contributed by atoms with E-state index in [1.54, 1.807) is 41.0 Å². The van der Waals surface area contributed by atoms with Gasteiger partial charge in [0.05, 0.1) is 10.3 Å². The van der Waals surface area contributed by atoms with Crippen molar-refractivity contribution in [2.45, 2.75) is 55.4 Å². The summed E-state index contributed by atoms with van der Waals surface area (Å²) < 4.78 is 60.0. The Kier molecular flexibility index (Phi) is 6.62. The summed E-state index contributed by atoms with van der Waals surface area (Å²) in [5.74, 6) is -2.64. The van der Waals surface area contributed by atoms with E-state index in [9.17, 15) is 26.4 Å². The van der Waals surface area contributed by atoms with Gasteiger partial charge in [-0.05, 0) is 55.5 Å². The lowest BCUT2D eigenvalue weighted by atomic mass is 9.72. The number of hydrogen-bond donors (Lipinski definition) is 1. The third-order valence-corrected chi connectivity index (χ3v) is 8.88. The molecule has 2 bridgehead atoms. The zero-order valence-corrected chi connectivity index (χ0v) is 19.4. The third-order valence-electron chi connectivity index (χ3n) is 6.90. The second-order valence-corrected chi connectivity index (χ2v) is 10.7. The van der Waals surface area contributed by atoms with E-state index in [1.807, 2.05) is 23.1 Å². The maximum Gasteiger partial charge on any atom is 0.490 e. The number of alkyl halides is 3. The van der Waals surface area contributed by atoms with Crippen molar-refractivity contribution >= 4 is 21.9 Å². The van der Waals surface area contributed by atoms with Gasteiger partial charge in [-0.25, -0.2) is 13.2 Å². The van der Waals surface area contributed by atoms with Crippen LogP contribution in [0, 0.1) is 5.41 Å². The number of benzene rings is 1. The zero-order valence-electron chi connectivity index (χ0n) is 18.6. The molecule has 1 amide bonds. The largest absolute Gasteiger partial charge is 0.490 e. The smallest absolute Gasteiger partial charge is 0.475 e. The molecule has 0 saturated carbocycles. The van der Waals surface area contributed by atoms with Crippen molar-refractivity contribution in [3.63, 3.8) is 0 Å². The standard InChI is InChI=1S/C21H23N3O3S.C2HF3O2/c25-20-21(10-13-23(20)15-16-8-11-22-12-9-16)14-17-6-7-19(21)24(17)28(26,27)18-4-2-1-3-5-18;3-2(4,5)1(6)7/h1-5,8-9,11-12,17,19H,6-7,10,13-15H2;(H,6,7). The number of pyridine rings is 1. The first-order chi connectivity index (χ1) is 16.5. The second kappa shape index (κ2) is 9.23. The Labute approximate surface area is 200 Å². The van der Waals surface area contributed by atoms with Crippen molar-refractivity contribution in [3.05, 3.63) is 60.4 Å². The molecular formula is C23H24F3N3O5S. The van der Waals surface area contributed by atoms with Crippen molar-refractivity contribution in [1.29, 1.82) is 0 Å². The molecule has 3 atom stereocenters. The summed E-state index contributed by atoms with van der Waals surface area (Å²) in [6.07, 6.45) is 1.38. The van der Waals surface area contributed by atoms with E-state index < -0.39 is 27.6 Å². The first-order valence-corrected chi connectivity index (χ1v) is 12.5. The van der Waals surface area contributed by atoms with Crippen LogP contribution in [0.3, 0.4) is 0 Å². The van der Waals surface area contributed by atoms with Crippen molar-refractivity contribution < 1.29 is 36.3 Å². The van der Waals surface area contributed by atoms with Gasteiger partial charge >= 0.3 is 12.1 Å². The first-order valence-electron chi connectivity index (χ1n) is 11.0. The number of carboxylic acids is 1. The third kappa shape index (κ3) is 4.64. The van der Waals surface area contributed by atoms with Gasteiger partial charge in [0, 0.05) is 37.6 Å². The quantitative estimate of drug-likeness (QED) is 0.676. The fourth-order valence-corrected chi connectivity index (χ4v) is 7.38. The number of halogens is 3. The molecule has 4 heterocycles. The van der Waals surface area contributed by atoms with Crippen LogP contribution in [0.4, 0.5) is 13.2 Å². The van der Waals surface area contributed by atoms with Crippen molar-refractivity contribution in [3.8, 4) is 0 Å². The van der Waals surface area contributed by atoms with Crippen LogP contribution in [0.5, 0.6) is 0 Å². The fourth-order valence-electron chi connectivity index (χ4n) is 5.42. The minimum atomic E-state index is -5.08. The molecule has 3 aliphatic rings. The molecular weight excluding hydrogens is 487 g/mol. The van der Waals surface area contributed by atoms with Gasteiger partial charge in [0.15, 0.2) is 0 Å². The molecule has 5 rings (SSSR count). The molecule has 1 aromatic heterocycles. The summed E-state index contributed by atoms with van der Waals surface area (Å²) >= 11 is 0. The highest BCUT2D eigenvalue weighted by Gasteiger charge is 2.65. The minimum Gasteiger partial charge on any atom is -0.475 e. The maximum atomic E-state index is 13.4. The summed E-state index contributed by atoms with van der Waals surface area (Å²) in [7, 11) is -3.58. The molecule has 8 nitrogen and oxygen atoms in total. The normalized spacial score (nSPS) is 26.1. The van der Waals surface area contributed by atoms with Crippen LogP contribution < -0.4 is 0 Å². The number of carbonyl (C=O) groups excluding carboxylic acids is 1. The molecule has 3 fully saturated rings. The molecule has 2 aromatic rings. The van der Waals surface area contributed by atoms with E-state index in [4.69, 9.17) is 9.90 Å². The summed E-state index contributed by atoms with van der Waals surface area (Å²) in [6.45, 7) is 1.25. The predicted octanol–water partition coefficient (Wildman–Crippen LogP) is 3.06. The summed E-state index contributed by atoms with van der Waals surface area (Å²) in [5.41, 5.74) is 0.495. The zero-order chi connectivity index (χ0) is 25.4. The number of sulfonamides is 1. The number of carboxylic acid groups (broad SMARTS) is 1. The average Bonchev–Trinajstić information content (AvgIpc) is 3.48. The molecule has 3 unspecified atom stereocenters. The molecule has 1 N–H and O–H groups in total. The highest BCUT2D eigenvalue weighted by molar-refractivity contribution is 7.89. The van der Waals surface area contributed by atoms with E-state index in [2.05, 4.69) is 4.98 Å². The number of aromatic nitrogens is 1. The molecule has 12 heteroatoms. The lowest BCUT2D eigenvalue weighted by molar-refractivity contribution is -0.192. The average molecular weight is 512 g/mol. The second-order valence-electron chi connectivity index (χ2n) is 8.89. The lowest BCUT2D eigenvalue weighted by Crippen LogP contribution is -2.45. The molecule has 35 heavy (non-hydrogen) atoms. The molecule has 188 valence electrons. The van der Waals surface area contributed by atoms with Gasteiger partial charge in [0.25, 0.3) is 0 Å². The van der Waals surface area contributed by atoms with Gasteiger partial charge in [-0.1, -0.05) is 18.2 Å². The van der Waals surface area contributed by atoms with Crippen molar-refractivity contribution in [1.82, 2.24) is 14.2 Å². The summed E-state index contributed by atoms with van der Waals surface area (Å²) in [4.78, 5) is 28.6. The van der Waals surface area contributed by atoms with E-state index >= 15 is 0 Å². The number of amides is 1. The number of fused-ring (bicyclic) bond motifs is 3. The molecule has 3 saturated heterocycles. The van der Waals surface area contributed by atoms with E-state index in [1.165, 1.54) is 0 Å². The SMILES string of the molecule is O=C(O)C(F)(F)F.O=C1N(Cc2ccncc2)CCC12CC1CCC2N1S(=O)(=O)c1ccccc1. The summed E-state index contributed by atoms with van der Waals surface area (Å²) in [5, 5.41) is 7.12. The summed E-state index contributed by atoms with van der Waals surface area (Å²) in [6, 6.07) is 12.2. The van der Waals surface area contributed by atoms with Crippen molar-refractivity contribution in [2.75, 3.05) is 6.54 Å². The van der Waals surface area contributed by atoms with Crippen LogP contribution >= 0.6 is 0 Å². The van der Waals surface area contributed by atoms with Gasteiger partial charge in [-0.15, -0.1) is 0 Å². The van der Waals surface area contributed by atoms with E-state index in [0.717, 1.165) is 24.8 Å². The number of hydrogen-bond acceptors (Lipinski definition) is 5. The van der Waals surface area contributed by atoms with Crippen LogP contribution in [-0.4, -0.2) is 64.4 Å². The van der Waals surface area contributed by atoms with E-state index in [-0.39, 0.29) is 18.0 Å². The highest BCUT2D eigenvalue weighted by Crippen LogP contribution is 2.56. The van der Waals surface area contributed by atoms with Crippen molar-refractivity contribution in [2.24, 2.45) is 5.41 Å². The topological polar surface area (TPSA) is 108 Å². The Bertz CT molecular complexity index is 1190. The van der Waals surface area contributed by atoms with Crippen LogP contribution in [-0.2, 0) is 26.2 Å². The van der Waals surface area contributed by atoms with Crippen LogP contribution in [0.25, 0.3) is 0 Å². The Morgan fingerprint density at radius 1 is 1.11 bits per heavy atom. The van der Waals surface area contributed by atoms with Gasteiger partial charge in [0.2, 0.25) is 15.9 Å². The van der Waals surface area contributed by atoms with Gasteiger partial charge < -0.3 is 10.0 Å². The number of aliphatic carboxylic acids is 1. The molecule has 3 aliphatic heterocycles. The minimum absolute atomic E-state index is 0.0694. The first kappa shape index (κ1) is 25.1. The molecule has 0 radical (unpaired) electrons. The fraction of sp³-hybridized carbons (Fsp3) is 0.435. The van der Waals surface area contributed by atoms with Gasteiger partial charge in [-0.2, -0.15) is 17.5 Å². The van der Waals surface area contributed by atoms with Crippen LogP contribution in [0.1, 0.15) is 31.2 Å². The number of nitrogens with zero attached hydrogens (tertiary/aromatic N) is 3. The Hall–Kier alpha value is -2.99. The molecule has 1 spiro atoms. The Morgan fingerprint density at radius 2 is 1.74 bits per heavy atom. The Balaban J connectivity index is 0.000000364. The number of rotatable bonds is 4. The molecule has 0 aliphatic carbocycles. The lowest BCUT2D eigenvalue weighted by Gasteiger charge is -2.32. The van der Waals surface area contributed by atoms with E-state index in [0.29, 0.717) is 24.4 Å². The van der Waals surface area contributed by atoms with Gasteiger partial charge in [0.1, 0.15) is 0 Å². The maximum absolute atomic E-state index is 13.4.